The third kappa shape index (κ3) is 2.91. The number of likely N-dealkylation sites (N-methyl/N-ethyl adjacent to an activating group) is 1. The minimum absolute atomic E-state index is 0.211. The van der Waals surface area contributed by atoms with E-state index in [1.54, 1.807) is 12.1 Å². The minimum Gasteiger partial charge on any atom is -0.308 e. The van der Waals surface area contributed by atoms with Crippen molar-refractivity contribution in [2.75, 3.05) is 27.2 Å². The lowest BCUT2D eigenvalue weighted by Gasteiger charge is -2.28. The third-order valence-corrected chi connectivity index (χ3v) is 4.06. The molecule has 0 unspecified atom stereocenters. The zero-order valence-corrected chi connectivity index (χ0v) is 14.1. The van der Waals surface area contributed by atoms with Gasteiger partial charge in [0.1, 0.15) is 0 Å². The molecule has 0 bridgehead atoms. The molecule has 2 aromatic carbocycles. The highest BCUT2D eigenvalue weighted by Crippen LogP contribution is 2.36. The Kier molecular flexibility index (Phi) is 4.47. The zero-order chi connectivity index (χ0) is 18.8. The van der Waals surface area contributed by atoms with Gasteiger partial charge in [-0.25, -0.2) is 0 Å². The molecule has 1 heterocycles. The van der Waals surface area contributed by atoms with Crippen molar-refractivity contribution in [1.29, 1.82) is 0 Å². The molecule has 0 atom stereocenters. The fourth-order valence-corrected chi connectivity index (χ4v) is 2.93. The monoisotopic (exact) mass is 350 g/mol. The maximum Gasteiger partial charge on any atom is 0.261 e. The van der Waals surface area contributed by atoms with E-state index in [0.717, 1.165) is 4.90 Å². The van der Waals surface area contributed by atoms with Crippen molar-refractivity contribution in [3.05, 3.63) is 56.3 Å². The second kappa shape index (κ2) is 6.73. The Morgan fingerprint density at radius 1 is 0.962 bits per heavy atom. The number of carbonyl (C=O) groups excluding carboxylic acids is 2. The van der Waals surface area contributed by atoms with Gasteiger partial charge in [0, 0.05) is 50.8 Å². The highest BCUT2D eigenvalue weighted by molar-refractivity contribution is 6.26. The van der Waals surface area contributed by atoms with Gasteiger partial charge in [-0.05, 0) is 54.8 Å². The van der Waals surface area contributed by atoms with Gasteiger partial charge in [-0.3, -0.25) is 14.5 Å². The van der Waals surface area contributed by atoms with Gasteiger partial charge in [-0.1, -0.05) is 10.2 Å². The number of benzene rings is 2. The number of rotatable bonds is 5. The quantitative estimate of drug-likeness (QED) is 0.350. The Bertz CT molecular complexity index is 959. The lowest BCUT2D eigenvalue weighted by molar-refractivity contribution is 0.0601. The molecular weight excluding hydrogens is 336 g/mol. The predicted octanol–water partition coefficient (Wildman–Crippen LogP) is 3.88. The van der Waals surface area contributed by atoms with E-state index in [1.807, 2.05) is 19.0 Å². The van der Waals surface area contributed by atoms with E-state index in [4.69, 9.17) is 11.1 Å². The van der Waals surface area contributed by atoms with Gasteiger partial charge in [-0.2, -0.15) is 0 Å². The Morgan fingerprint density at radius 2 is 1.46 bits per heavy atom. The molecule has 0 aliphatic carbocycles. The number of nitrogens with zero attached hydrogens (tertiary/aromatic N) is 8. The number of carbonyl (C=O) groups is 2. The molecule has 0 saturated heterocycles. The zero-order valence-electron chi connectivity index (χ0n) is 14.1. The van der Waals surface area contributed by atoms with Crippen LogP contribution in [0.4, 0.5) is 11.4 Å². The molecule has 0 saturated carbocycles. The summed E-state index contributed by atoms with van der Waals surface area (Å²) in [5, 5.41) is 8.09. The van der Waals surface area contributed by atoms with E-state index in [0.29, 0.717) is 17.3 Å². The Balaban J connectivity index is 2.28. The Morgan fingerprint density at radius 3 is 1.88 bits per heavy atom. The van der Waals surface area contributed by atoms with Crippen LogP contribution in [-0.2, 0) is 0 Å². The highest BCUT2D eigenvalue weighted by Gasteiger charge is 2.33. The lowest BCUT2D eigenvalue weighted by Crippen LogP contribution is -2.43. The molecular formula is C16H14N8O2. The molecule has 0 N–H and O–H groups in total. The van der Waals surface area contributed by atoms with E-state index >= 15 is 0 Å². The molecule has 10 heteroatoms. The summed E-state index contributed by atoms with van der Waals surface area (Å²) in [6, 6.07) is 6.04. The Labute approximate surface area is 147 Å². The normalized spacial score (nSPS) is 13.0. The van der Waals surface area contributed by atoms with Crippen LogP contribution in [-0.4, -0.2) is 48.8 Å². The van der Waals surface area contributed by atoms with Crippen LogP contribution < -0.4 is 0 Å². The maximum atomic E-state index is 12.9. The van der Waals surface area contributed by atoms with Crippen LogP contribution in [0.3, 0.4) is 0 Å². The van der Waals surface area contributed by atoms with Crippen LogP contribution >= 0.6 is 0 Å². The van der Waals surface area contributed by atoms with E-state index in [1.165, 1.54) is 12.1 Å². The first-order valence-corrected chi connectivity index (χ1v) is 7.69. The van der Waals surface area contributed by atoms with Crippen molar-refractivity contribution in [3.63, 3.8) is 0 Å². The van der Waals surface area contributed by atoms with Crippen molar-refractivity contribution in [2.45, 2.75) is 0 Å². The fourth-order valence-electron chi connectivity index (χ4n) is 2.93. The van der Waals surface area contributed by atoms with E-state index in [9.17, 15) is 9.59 Å². The van der Waals surface area contributed by atoms with E-state index < -0.39 is 11.8 Å². The summed E-state index contributed by atoms with van der Waals surface area (Å²) < 4.78 is 0. The van der Waals surface area contributed by atoms with Gasteiger partial charge < -0.3 is 4.90 Å². The van der Waals surface area contributed by atoms with Crippen LogP contribution in [0.15, 0.2) is 34.5 Å². The molecule has 3 rings (SSSR count). The molecule has 0 aromatic heterocycles. The largest absolute Gasteiger partial charge is 0.308 e. The van der Waals surface area contributed by atoms with Crippen LogP contribution in [0.1, 0.15) is 20.7 Å². The highest BCUT2D eigenvalue weighted by atomic mass is 16.2. The summed E-state index contributed by atoms with van der Waals surface area (Å²) >= 11 is 0. The summed E-state index contributed by atoms with van der Waals surface area (Å²) in [4.78, 5) is 34.2. The average Bonchev–Trinajstić information content (AvgIpc) is 2.59. The van der Waals surface area contributed by atoms with Crippen LogP contribution in [0.2, 0.25) is 0 Å². The summed E-state index contributed by atoms with van der Waals surface area (Å²) in [6.07, 6.45) is 0. The summed E-state index contributed by atoms with van der Waals surface area (Å²) in [5.74, 6) is -0.887. The van der Waals surface area contributed by atoms with Crippen molar-refractivity contribution in [3.8, 4) is 0 Å². The van der Waals surface area contributed by atoms with Gasteiger partial charge >= 0.3 is 0 Å². The number of azide groups is 2. The summed E-state index contributed by atoms with van der Waals surface area (Å²) in [6.45, 7) is 0.713. The molecule has 0 radical (unpaired) electrons. The minimum atomic E-state index is -0.444. The molecule has 1 aliphatic rings. The van der Waals surface area contributed by atoms with Crippen molar-refractivity contribution >= 4 is 34.0 Å². The average molecular weight is 350 g/mol. The molecule has 130 valence electrons. The van der Waals surface area contributed by atoms with Gasteiger partial charge in [0.2, 0.25) is 0 Å². The third-order valence-electron chi connectivity index (χ3n) is 4.06. The number of amides is 2. The van der Waals surface area contributed by atoms with Crippen LogP contribution in [0, 0.1) is 0 Å². The van der Waals surface area contributed by atoms with Gasteiger partial charge in [0.25, 0.3) is 11.8 Å². The Hall–Kier alpha value is -3.58. The second-order valence-electron chi connectivity index (χ2n) is 6.03. The first-order valence-electron chi connectivity index (χ1n) is 7.69. The van der Waals surface area contributed by atoms with E-state index in [-0.39, 0.29) is 29.0 Å². The first-order chi connectivity index (χ1) is 12.5. The summed E-state index contributed by atoms with van der Waals surface area (Å²) in [5.41, 5.74) is 18.5. The number of hydrogen-bond donors (Lipinski definition) is 0. The van der Waals surface area contributed by atoms with Crippen molar-refractivity contribution in [1.82, 2.24) is 9.80 Å². The lowest BCUT2D eigenvalue weighted by atomic mass is 9.92. The number of hydrogen-bond acceptors (Lipinski definition) is 5. The molecule has 1 aliphatic heterocycles. The molecule has 2 amide bonds. The predicted molar refractivity (Wildman–Crippen MR) is 95.5 cm³/mol. The molecule has 2 aromatic rings. The van der Waals surface area contributed by atoms with Gasteiger partial charge in [0.05, 0.1) is 0 Å². The van der Waals surface area contributed by atoms with E-state index in [2.05, 4.69) is 20.1 Å². The standard InChI is InChI=1S/C16H14N8O2/c1-23(2)3-4-24-15(25)12-7-10(19-21-17)5-9-6-11(20-22-18)8-13(14(9)12)16(24)26/h5-8H,3-4H2,1-2H3. The van der Waals surface area contributed by atoms with Crippen molar-refractivity contribution in [2.24, 2.45) is 10.2 Å². The topological polar surface area (TPSA) is 138 Å². The molecule has 0 fully saturated rings. The first kappa shape index (κ1) is 17.2. The fraction of sp³-hybridized carbons (Fsp3) is 0.250. The number of imide groups is 1. The molecule has 0 spiro atoms. The van der Waals surface area contributed by atoms with Crippen LogP contribution in [0.5, 0.6) is 0 Å². The SMILES string of the molecule is CN(C)CCN1C(=O)c2cc(N=[N+]=[N-])cc3cc(N=[N+]=[N-])cc(c23)C1=O. The second-order valence-corrected chi connectivity index (χ2v) is 6.03. The molecule has 26 heavy (non-hydrogen) atoms. The maximum absolute atomic E-state index is 12.9. The van der Waals surface area contributed by atoms with Gasteiger partial charge in [-0.15, -0.1) is 0 Å². The van der Waals surface area contributed by atoms with Crippen molar-refractivity contribution < 1.29 is 9.59 Å². The van der Waals surface area contributed by atoms with Gasteiger partial charge in [0.15, 0.2) is 0 Å². The van der Waals surface area contributed by atoms with Crippen LogP contribution in [0.25, 0.3) is 31.7 Å². The molecule has 10 nitrogen and oxygen atoms in total. The summed E-state index contributed by atoms with van der Waals surface area (Å²) in [7, 11) is 3.68. The smallest absolute Gasteiger partial charge is 0.261 e.